The fourth-order valence-electron chi connectivity index (χ4n) is 2.15. The number of imidazole rings is 1. The molecule has 0 radical (unpaired) electrons. The Morgan fingerprint density at radius 1 is 1.10 bits per heavy atom. The molecule has 0 saturated carbocycles. The third kappa shape index (κ3) is 2.71. The van der Waals surface area contributed by atoms with Crippen LogP contribution in [0.2, 0.25) is 0 Å². The zero-order chi connectivity index (χ0) is 15.0. The van der Waals surface area contributed by atoms with Crippen LogP contribution in [0.4, 0.5) is 8.78 Å². The molecular weight excluding hydrogens is 294 g/mol. The minimum Gasteiger partial charge on any atom is -0.320 e. The predicted octanol–water partition coefficient (Wildman–Crippen LogP) is 3.16. The van der Waals surface area contributed by atoms with E-state index in [9.17, 15) is 13.0 Å². The van der Waals surface area contributed by atoms with Crippen LogP contribution in [0.1, 0.15) is 5.56 Å². The van der Waals surface area contributed by atoms with Crippen LogP contribution in [-0.4, -0.2) is 13.8 Å². The molecule has 0 saturated heterocycles. The Morgan fingerprint density at radius 3 is 2.48 bits per heavy atom. The minimum absolute atomic E-state index is 0.236. The van der Waals surface area contributed by atoms with Crippen molar-refractivity contribution in [2.45, 2.75) is 10.9 Å². The molecule has 0 aliphatic rings. The first kappa shape index (κ1) is 13.9. The molecule has 6 heteroatoms. The van der Waals surface area contributed by atoms with Crippen molar-refractivity contribution in [2.75, 3.05) is 0 Å². The minimum atomic E-state index is -1.38. The van der Waals surface area contributed by atoms with E-state index in [1.807, 2.05) is 0 Å². The van der Waals surface area contributed by atoms with Crippen LogP contribution in [-0.2, 0) is 23.6 Å². The summed E-state index contributed by atoms with van der Waals surface area (Å²) in [6.07, 6.45) is 0. The number of nitrogens with zero attached hydrogens (tertiary/aromatic N) is 2. The van der Waals surface area contributed by atoms with Crippen LogP contribution in [0, 0.1) is 11.6 Å². The van der Waals surface area contributed by atoms with Gasteiger partial charge in [0, 0.05) is 13.1 Å². The molecule has 108 valence electrons. The topological polar surface area (TPSA) is 34.9 Å². The number of aromatic nitrogens is 2. The maximum atomic E-state index is 13.2. The molecule has 3 rings (SSSR count). The fraction of sp³-hybridized carbons (Fsp3) is 0.133. The van der Waals surface area contributed by atoms with E-state index in [0.717, 1.165) is 11.1 Å². The highest BCUT2D eigenvalue weighted by molar-refractivity contribution is 7.84. The standard InChI is InChI=1S/C15H12F2N2OS/c1-19-14-7-6-12(17)8-13(14)18-15(19)21(20)9-10-2-4-11(16)5-3-10/h2-8H,9H2,1H3. The molecule has 0 amide bonds. The zero-order valence-electron chi connectivity index (χ0n) is 11.2. The molecule has 1 unspecified atom stereocenters. The van der Waals surface area contributed by atoms with Gasteiger partial charge in [0.05, 0.1) is 27.6 Å². The lowest BCUT2D eigenvalue weighted by Crippen LogP contribution is -2.04. The van der Waals surface area contributed by atoms with Gasteiger partial charge in [0.1, 0.15) is 11.6 Å². The van der Waals surface area contributed by atoms with E-state index in [4.69, 9.17) is 0 Å². The summed E-state index contributed by atoms with van der Waals surface area (Å²) in [7, 11) is 0.356. The monoisotopic (exact) mass is 306 g/mol. The number of hydrogen-bond acceptors (Lipinski definition) is 2. The van der Waals surface area contributed by atoms with Gasteiger partial charge in [-0.3, -0.25) is 4.21 Å². The van der Waals surface area contributed by atoms with E-state index in [-0.39, 0.29) is 17.4 Å². The first-order valence-corrected chi connectivity index (χ1v) is 7.61. The van der Waals surface area contributed by atoms with Gasteiger partial charge >= 0.3 is 0 Å². The normalized spacial score (nSPS) is 12.7. The van der Waals surface area contributed by atoms with Gasteiger partial charge in [0.2, 0.25) is 0 Å². The van der Waals surface area contributed by atoms with E-state index >= 15 is 0 Å². The van der Waals surface area contributed by atoms with E-state index in [0.29, 0.717) is 10.7 Å². The van der Waals surface area contributed by atoms with E-state index in [1.54, 1.807) is 29.8 Å². The molecule has 1 heterocycles. The molecule has 21 heavy (non-hydrogen) atoms. The van der Waals surface area contributed by atoms with Crippen molar-refractivity contribution < 1.29 is 13.0 Å². The second-order valence-electron chi connectivity index (χ2n) is 4.70. The Labute approximate surface area is 122 Å². The van der Waals surface area contributed by atoms with Gasteiger partial charge in [-0.15, -0.1) is 0 Å². The van der Waals surface area contributed by atoms with Crippen LogP contribution < -0.4 is 0 Å². The second kappa shape index (κ2) is 5.37. The van der Waals surface area contributed by atoms with E-state index in [2.05, 4.69) is 4.98 Å². The molecule has 0 N–H and O–H groups in total. The van der Waals surface area contributed by atoms with E-state index < -0.39 is 10.8 Å². The molecular formula is C15H12F2N2OS. The quantitative estimate of drug-likeness (QED) is 0.745. The van der Waals surface area contributed by atoms with Gasteiger partial charge in [-0.05, 0) is 29.8 Å². The maximum Gasteiger partial charge on any atom is 0.200 e. The number of fused-ring (bicyclic) bond motifs is 1. The highest BCUT2D eigenvalue weighted by Crippen LogP contribution is 2.20. The Balaban J connectivity index is 1.94. The van der Waals surface area contributed by atoms with Crippen molar-refractivity contribution in [3.8, 4) is 0 Å². The van der Waals surface area contributed by atoms with Crippen molar-refractivity contribution in [3.05, 3.63) is 59.7 Å². The molecule has 2 aromatic carbocycles. The summed E-state index contributed by atoms with van der Waals surface area (Å²) in [5, 5.41) is 0.375. The third-order valence-electron chi connectivity index (χ3n) is 3.22. The molecule has 3 nitrogen and oxygen atoms in total. The average Bonchev–Trinajstić information content (AvgIpc) is 2.78. The maximum absolute atomic E-state index is 13.2. The fourth-order valence-corrected chi connectivity index (χ4v) is 3.38. The Bertz CT molecular complexity index is 828. The third-order valence-corrected chi connectivity index (χ3v) is 4.58. The largest absolute Gasteiger partial charge is 0.320 e. The zero-order valence-corrected chi connectivity index (χ0v) is 12.0. The van der Waals surface area contributed by atoms with Gasteiger partial charge < -0.3 is 4.57 Å². The smallest absolute Gasteiger partial charge is 0.200 e. The summed E-state index contributed by atoms with van der Waals surface area (Å²) in [5.74, 6) is -0.473. The first-order chi connectivity index (χ1) is 10.0. The predicted molar refractivity (Wildman–Crippen MR) is 77.2 cm³/mol. The van der Waals surface area contributed by atoms with Crippen LogP contribution in [0.25, 0.3) is 11.0 Å². The molecule has 0 aliphatic carbocycles. The van der Waals surface area contributed by atoms with Crippen LogP contribution >= 0.6 is 0 Å². The molecule has 3 aromatic rings. The van der Waals surface area contributed by atoms with Crippen molar-refractivity contribution in [1.82, 2.24) is 9.55 Å². The summed E-state index contributed by atoms with van der Waals surface area (Å²) in [6, 6.07) is 10.1. The molecule has 0 fully saturated rings. The Morgan fingerprint density at radius 2 is 1.76 bits per heavy atom. The lowest BCUT2D eigenvalue weighted by Gasteiger charge is -2.03. The van der Waals surface area contributed by atoms with Gasteiger partial charge in [0.15, 0.2) is 5.16 Å². The molecule has 1 aromatic heterocycles. The number of rotatable bonds is 3. The number of halogens is 2. The van der Waals surface area contributed by atoms with Gasteiger partial charge in [-0.1, -0.05) is 12.1 Å². The van der Waals surface area contributed by atoms with Gasteiger partial charge in [-0.25, -0.2) is 13.8 Å². The molecule has 0 bridgehead atoms. The van der Waals surface area contributed by atoms with Crippen molar-refractivity contribution in [1.29, 1.82) is 0 Å². The van der Waals surface area contributed by atoms with Crippen LogP contribution in [0.5, 0.6) is 0 Å². The summed E-state index contributed by atoms with van der Waals surface area (Å²) in [4.78, 5) is 4.24. The summed E-state index contributed by atoms with van der Waals surface area (Å²) < 4.78 is 40.2. The highest BCUT2D eigenvalue weighted by Gasteiger charge is 2.15. The van der Waals surface area contributed by atoms with Crippen LogP contribution in [0.15, 0.2) is 47.6 Å². The Kier molecular flexibility index (Phi) is 3.55. The highest BCUT2D eigenvalue weighted by atomic mass is 32.2. The molecule has 0 aliphatic heterocycles. The second-order valence-corrected chi connectivity index (χ2v) is 6.05. The number of aryl methyl sites for hydroxylation is 1. The SMILES string of the molecule is Cn1c(S(=O)Cc2ccc(F)cc2)nc2cc(F)ccc21. The average molecular weight is 306 g/mol. The van der Waals surface area contributed by atoms with Crippen molar-refractivity contribution in [2.24, 2.45) is 7.05 Å². The first-order valence-electron chi connectivity index (χ1n) is 6.29. The summed E-state index contributed by atoms with van der Waals surface area (Å²) in [6.45, 7) is 0. The Hall–Kier alpha value is -2.08. The molecule has 0 spiro atoms. The lowest BCUT2D eigenvalue weighted by molar-refractivity contribution is 0.627. The lowest BCUT2D eigenvalue weighted by atomic mass is 10.2. The van der Waals surface area contributed by atoms with Gasteiger partial charge in [0.25, 0.3) is 0 Å². The molecule has 1 atom stereocenters. The summed E-state index contributed by atoms with van der Waals surface area (Å²) in [5.41, 5.74) is 1.95. The van der Waals surface area contributed by atoms with E-state index in [1.165, 1.54) is 24.3 Å². The van der Waals surface area contributed by atoms with Gasteiger partial charge in [-0.2, -0.15) is 0 Å². The summed E-state index contributed by atoms with van der Waals surface area (Å²) >= 11 is 0. The number of benzene rings is 2. The van der Waals surface area contributed by atoms with Crippen LogP contribution in [0.3, 0.4) is 0 Å². The van der Waals surface area contributed by atoms with Crippen molar-refractivity contribution >= 4 is 21.8 Å². The number of hydrogen-bond donors (Lipinski definition) is 0. The van der Waals surface area contributed by atoms with Crippen molar-refractivity contribution in [3.63, 3.8) is 0 Å².